The molecule has 0 radical (unpaired) electrons. The normalized spacial score (nSPS) is 14.8. The van der Waals surface area contributed by atoms with Crippen LogP contribution in [-0.2, 0) is 0 Å². The van der Waals surface area contributed by atoms with E-state index in [0.29, 0.717) is 5.92 Å². The maximum absolute atomic E-state index is 13.7. The Hall–Kier alpha value is -0.930. The van der Waals surface area contributed by atoms with Gasteiger partial charge in [0.15, 0.2) is 0 Å². The second kappa shape index (κ2) is 7.49. The Bertz CT molecular complexity index is 350. The van der Waals surface area contributed by atoms with Crippen LogP contribution in [0, 0.1) is 11.7 Å². The lowest BCUT2D eigenvalue weighted by Crippen LogP contribution is -2.27. The second-order valence-electron chi connectivity index (χ2n) is 4.98. The minimum absolute atomic E-state index is 0.0986. The number of halogens is 1. The Kier molecular flexibility index (Phi) is 6.30. The van der Waals surface area contributed by atoms with Gasteiger partial charge in [-0.3, -0.25) is 4.90 Å². The van der Waals surface area contributed by atoms with E-state index in [9.17, 15) is 4.39 Å². The van der Waals surface area contributed by atoms with Crippen LogP contribution in [0.15, 0.2) is 24.3 Å². The van der Waals surface area contributed by atoms with Crippen LogP contribution in [-0.4, -0.2) is 25.0 Å². The Balaban J connectivity index is 2.56. The summed E-state index contributed by atoms with van der Waals surface area (Å²) in [4.78, 5) is 2.19. The largest absolute Gasteiger partial charge is 0.330 e. The molecule has 0 aliphatic rings. The fourth-order valence-corrected chi connectivity index (χ4v) is 2.12. The lowest BCUT2D eigenvalue weighted by Gasteiger charge is -2.27. The van der Waals surface area contributed by atoms with E-state index in [0.717, 1.165) is 31.5 Å². The highest BCUT2D eigenvalue weighted by Gasteiger charge is 2.16. The molecule has 0 saturated carbocycles. The highest BCUT2D eigenvalue weighted by molar-refractivity contribution is 5.20. The van der Waals surface area contributed by atoms with Crippen molar-refractivity contribution in [2.45, 2.75) is 32.7 Å². The summed E-state index contributed by atoms with van der Waals surface area (Å²) in [5.74, 6) is 0.447. The van der Waals surface area contributed by atoms with Crippen LogP contribution in [0.3, 0.4) is 0 Å². The Morgan fingerprint density at radius 1 is 1.33 bits per heavy atom. The van der Waals surface area contributed by atoms with Crippen LogP contribution in [0.4, 0.5) is 4.39 Å². The first-order valence-electron chi connectivity index (χ1n) is 6.74. The van der Waals surface area contributed by atoms with Gasteiger partial charge in [0.05, 0.1) is 0 Å². The van der Waals surface area contributed by atoms with E-state index in [1.807, 2.05) is 26.1 Å². The molecule has 2 unspecified atom stereocenters. The van der Waals surface area contributed by atoms with Gasteiger partial charge in [-0.1, -0.05) is 31.5 Å². The van der Waals surface area contributed by atoms with Crippen molar-refractivity contribution in [1.82, 2.24) is 4.90 Å². The van der Waals surface area contributed by atoms with Crippen molar-refractivity contribution in [3.8, 4) is 0 Å². The third-order valence-electron chi connectivity index (χ3n) is 3.82. The quantitative estimate of drug-likeness (QED) is 0.807. The first kappa shape index (κ1) is 15.1. The molecule has 0 saturated heterocycles. The molecule has 1 aromatic carbocycles. The monoisotopic (exact) mass is 252 g/mol. The fourth-order valence-electron chi connectivity index (χ4n) is 2.12. The van der Waals surface area contributed by atoms with Crippen molar-refractivity contribution in [3.63, 3.8) is 0 Å². The molecule has 2 nitrogen and oxygen atoms in total. The van der Waals surface area contributed by atoms with Gasteiger partial charge in [-0.05, 0) is 45.5 Å². The number of nitrogens with two attached hydrogens (primary N) is 1. The fraction of sp³-hybridized carbons (Fsp3) is 0.600. The van der Waals surface area contributed by atoms with Gasteiger partial charge in [0.2, 0.25) is 0 Å². The molecule has 2 atom stereocenters. The second-order valence-corrected chi connectivity index (χ2v) is 4.98. The van der Waals surface area contributed by atoms with Gasteiger partial charge in [0.25, 0.3) is 0 Å². The molecule has 0 bridgehead atoms. The molecule has 1 aromatic rings. The summed E-state index contributed by atoms with van der Waals surface area (Å²) >= 11 is 0. The van der Waals surface area contributed by atoms with Gasteiger partial charge in [-0.2, -0.15) is 0 Å². The van der Waals surface area contributed by atoms with Crippen molar-refractivity contribution in [3.05, 3.63) is 35.6 Å². The number of benzene rings is 1. The zero-order valence-corrected chi connectivity index (χ0v) is 11.7. The molecule has 1 rings (SSSR count). The zero-order chi connectivity index (χ0) is 13.5. The van der Waals surface area contributed by atoms with E-state index < -0.39 is 0 Å². The molecule has 0 spiro atoms. The molecule has 0 heterocycles. The first-order valence-corrected chi connectivity index (χ1v) is 6.74. The minimum atomic E-state index is -0.122. The maximum atomic E-state index is 13.7. The lowest BCUT2D eigenvalue weighted by atomic mass is 10.0. The summed E-state index contributed by atoms with van der Waals surface area (Å²) in [5, 5.41) is 0. The molecule has 3 heteroatoms. The third-order valence-corrected chi connectivity index (χ3v) is 3.82. The Morgan fingerprint density at radius 3 is 2.56 bits per heavy atom. The molecular formula is C15H25FN2. The first-order chi connectivity index (χ1) is 8.60. The Labute approximate surface area is 110 Å². The van der Waals surface area contributed by atoms with E-state index in [1.165, 1.54) is 6.07 Å². The van der Waals surface area contributed by atoms with Crippen molar-refractivity contribution in [2.24, 2.45) is 11.7 Å². The van der Waals surface area contributed by atoms with Crippen molar-refractivity contribution in [1.29, 1.82) is 0 Å². The molecular weight excluding hydrogens is 227 g/mol. The van der Waals surface area contributed by atoms with Crippen molar-refractivity contribution in [2.75, 3.05) is 20.1 Å². The summed E-state index contributed by atoms with van der Waals surface area (Å²) in [6, 6.07) is 7.09. The summed E-state index contributed by atoms with van der Waals surface area (Å²) < 4.78 is 13.7. The summed E-state index contributed by atoms with van der Waals surface area (Å²) in [6.45, 7) is 5.89. The predicted molar refractivity (Wildman–Crippen MR) is 74.9 cm³/mol. The van der Waals surface area contributed by atoms with Gasteiger partial charge >= 0.3 is 0 Å². The van der Waals surface area contributed by atoms with E-state index in [1.54, 1.807) is 6.07 Å². The van der Waals surface area contributed by atoms with Gasteiger partial charge in [0.1, 0.15) is 5.82 Å². The van der Waals surface area contributed by atoms with Gasteiger partial charge in [0, 0.05) is 11.6 Å². The van der Waals surface area contributed by atoms with Crippen molar-refractivity contribution < 1.29 is 4.39 Å². The van der Waals surface area contributed by atoms with Gasteiger partial charge < -0.3 is 5.73 Å². The summed E-state index contributed by atoms with van der Waals surface area (Å²) in [7, 11) is 2.04. The predicted octanol–water partition coefficient (Wildman–Crippen LogP) is 3.19. The molecule has 0 aliphatic carbocycles. The molecule has 0 aromatic heterocycles. The average Bonchev–Trinajstić information content (AvgIpc) is 2.39. The van der Waals surface area contributed by atoms with Crippen LogP contribution < -0.4 is 5.73 Å². The van der Waals surface area contributed by atoms with E-state index >= 15 is 0 Å². The van der Waals surface area contributed by atoms with Crippen LogP contribution in [0.5, 0.6) is 0 Å². The van der Waals surface area contributed by atoms with Crippen LogP contribution >= 0.6 is 0 Å². The van der Waals surface area contributed by atoms with Gasteiger partial charge in [-0.15, -0.1) is 0 Å². The molecule has 0 fully saturated rings. The van der Waals surface area contributed by atoms with Crippen LogP contribution in [0.25, 0.3) is 0 Å². The SMILES string of the molecule is CCC(CN)CCN(C)C(C)c1ccccc1F. The van der Waals surface area contributed by atoms with E-state index in [-0.39, 0.29) is 11.9 Å². The smallest absolute Gasteiger partial charge is 0.127 e. The van der Waals surface area contributed by atoms with Crippen LogP contribution in [0.1, 0.15) is 38.3 Å². The number of hydrogen-bond acceptors (Lipinski definition) is 2. The highest BCUT2D eigenvalue weighted by Crippen LogP contribution is 2.22. The Morgan fingerprint density at radius 2 is 2.00 bits per heavy atom. The maximum Gasteiger partial charge on any atom is 0.127 e. The molecule has 0 amide bonds. The molecule has 18 heavy (non-hydrogen) atoms. The molecule has 2 N–H and O–H groups in total. The van der Waals surface area contributed by atoms with Gasteiger partial charge in [-0.25, -0.2) is 4.39 Å². The van der Waals surface area contributed by atoms with E-state index in [2.05, 4.69) is 11.8 Å². The van der Waals surface area contributed by atoms with Crippen LogP contribution in [0.2, 0.25) is 0 Å². The van der Waals surface area contributed by atoms with E-state index in [4.69, 9.17) is 5.73 Å². The number of hydrogen-bond donors (Lipinski definition) is 1. The minimum Gasteiger partial charge on any atom is -0.330 e. The molecule has 0 aliphatic heterocycles. The lowest BCUT2D eigenvalue weighted by molar-refractivity contribution is 0.235. The zero-order valence-electron chi connectivity index (χ0n) is 11.7. The summed E-state index contributed by atoms with van der Waals surface area (Å²) in [6.07, 6.45) is 2.18. The number of rotatable bonds is 7. The third kappa shape index (κ3) is 4.07. The topological polar surface area (TPSA) is 29.3 Å². The molecule has 102 valence electrons. The number of nitrogens with zero attached hydrogens (tertiary/aromatic N) is 1. The average molecular weight is 252 g/mol. The highest BCUT2D eigenvalue weighted by atomic mass is 19.1. The standard InChI is InChI=1S/C15H25FN2/c1-4-13(11-17)9-10-18(3)12(2)14-7-5-6-8-15(14)16/h5-8,12-13H,4,9-11,17H2,1-3H3. The summed E-state index contributed by atoms with van der Waals surface area (Å²) in [5.41, 5.74) is 6.47. The van der Waals surface area contributed by atoms with Crippen molar-refractivity contribution >= 4 is 0 Å².